The van der Waals surface area contributed by atoms with Gasteiger partial charge in [-0.05, 0) is 87.5 Å². The molecule has 2 aliphatic heterocycles. The summed E-state index contributed by atoms with van der Waals surface area (Å²) in [6, 6.07) is 5.12. The molecule has 1 aromatic carbocycles. The topological polar surface area (TPSA) is 137 Å². The van der Waals surface area contributed by atoms with Crippen LogP contribution < -0.4 is 11.0 Å². The van der Waals surface area contributed by atoms with Crippen LogP contribution in [0.1, 0.15) is 68.9 Å². The number of sulfonamides is 1. The molecule has 1 aromatic heterocycles. The molecule has 236 valence electrons. The van der Waals surface area contributed by atoms with Crippen LogP contribution in [-0.2, 0) is 21.2 Å². The van der Waals surface area contributed by atoms with E-state index in [1.807, 2.05) is 6.92 Å². The summed E-state index contributed by atoms with van der Waals surface area (Å²) in [5.41, 5.74) is 0.617. The van der Waals surface area contributed by atoms with Crippen LogP contribution in [0.15, 0.2) is 34.2 Å². The fourth-order valence-electron chi connectivity index (χ4n) is 6.60. The number of aryl methyl sites for hydroxylation is 2. The van der Waals surface area contributed by atoms with Gasteiger partial charge < -0.3 is 15.4 Å². The van der Waals surface area contributed by atoms with E-state index in [4.69, 9.17) is 4.99 Å². The number of amidine groups is 1. The molecule has 43 heavy (non-hydrogen) atoms. The number of carbonyl (C=O) groups excluding carboxylic acids is 1. The summed E-state index contributed by atoms with van der Waals surface area (Å²) in [6.45, 7) is 2.19. The van der Waals surface area contributed by atoms with Crippen molar-refractivity contribution in [3.8, 4) is 11.6 Å². The number of carbonyl (C=O) groups is 1. The second-order valence-corrected chi connectivity index (χ2v) is 14.2. The van der Waals surface area contributed by atoms with Crippen molar-refractivity contribution in [2.75, 3.05) is 18.8 Å². The summed E-state index contributed by atoms with van der Waals surface area (Å²) >= 11 is 0. The molecule has 0 unspecified atom stereocenters. The molecule has 5 rings (SSSR count). The lowest BCUT2D eigenvalue weighted by Gasteiger charge is -2.34. The van der Waals surface area contributed by atoms with Gasteiger partial charge in [0.05, 0.1) is 17.6 Å². The zero-order valence-corrected chi connectivity index (χ0v) is 24.9. The van der Waals surface area contributed by atoms with Gasteiger partial charge >= 0.3 is 11.9 Å². The first-order valence-electron chi connectivity index (χ1n) is 14.8. The second-order valence-electron chi connectivity index (χ2n) is 12.1. The van der Waals surface area contributed by atoms with Gasteiger partial charge in [-0.2, -0.15) is 13.2 Å². The van der Waals surface area contributed by atoms with E-state index in [1.165, 1.54) is 10.5 Å². The normalized spacial score (nSPS) is 23.0. The molecule has 1 saturated heterocycles. The molecule has 3 N–H and O–H groups in total. The lowest BCUT2D eigenvalue weighted by atomic mass is 9.79. The van der Waals surface area contributed by atoms with E-state index >= 15 is 0 Å². The Balaban J connectivity index is 1.13. The van der Waals surface area contributed by atoms with E-state index in [0.717, 1.165) is 41.4 Å². The maximum Gasteiger partial charge on any atom is 0.389 e. The predicted molar refractivity (Wildman–Crippen MR) is 155 cm³/mol. The molecular weight excluding hydrogens is 587 g/mol. The Bertz CT molecular complexity index is 1530. The average molecular weight is 626 g/mol. The van der Waals surface area contributed by atoms with Crippen molar-refractivity contribution >= 4 is 21.8 Å². The highest BCUT2D eigenvalue weighted by Gasteiger charge is 2.48. The number of H-pyrrole nitrogens is 1. The number of benzene rings is 1. The number of nitrogens with zero attached hydrogens (tertiary/aromatic N) is 3. The smallest absolute Gasteiger partial charge is 0.389 e. The minimum Gasteiger partial charge on any atom is -0.493 e. The molecule has 0 radical (unpaired) electrons. The highest BCUT2D eigenvalue weighted by molar-refractivity contribution is 7.89. The third-order valence-corrected chi connectivity index (χ3v) is 11.1. The first kappa shape index (κ1) is 31.3. The van der Waals surface area contributed by atoms with E-state index in [1.54, 1.807) is 18.2 Å². The van der Waals surface area contributed by atoms with Crippen LogP contribution in [0.25, 0.3) is 5.69 Å². The molecule has 3 aliphatic rings. The first-order chi connectivity index (χ1) is 20.3. The molecule has 1 amide bonds. The first-order valence-corrected chi connectivity index (χ1v) is 16.4. The number of aromatic amines is 1. The maximum atomic E-state index is 13.2. The standard InChI is InChI=1S/C29H38F3N5O5S/c1-19-17-23(37-24(38)18-33-27(37)40)9-8-21(19)10-16-43(41,42)36-14-12-28(13-15-36)26(39)34-25(35-28)22-6-4-20(5-7-22)3-2-11-29(30,31)32/h8-9,17-18,20,22,38H,2-7,10-16H2,1H3,(H,33,40)(H,34,35,39). The quantitative estimate of drug-likeness (QED) is 0.388. The number of amides is 1. The number of hydrogen-bond acceptors (Lipinski definition) is 6. The van der Waals surface area contributed by atoms with Gasteiger partial charge in [0.2, 0.25) is 15.9 Å². The monoisotopic (exact) mass is 625 g/mol. The van der Waals surface area contributed by atoms with E-state index < -0.39 is 33.8 Å². The number of imidazole rings is 1. The van der Waals surface area contributed by atoms with Crippen LogP contribution in [-0.4, -0.2) is 69.7 Å². The van der Waals surface area contributed by atoms with Gasteiger partial charge in [0, 0.05) is 25.4 Å². The van der Waals surface area contributed by atoms with Crippen LogP contribution in [0, 0.1) is 18.8 Å². The number of halogens is 3. The van der Waals surface area contributed by atoms with Gasteiger partial charge in [0.15, 0.2) is 0 Å². The summed E-state index contributed by atoms with van der Waals surface area (Å²) in [5.74, 6) is 0.443. The summed E-state index contributed by atoms with van der Waals surface area (Å²) in [5, 5.41) is 12.9. The number of nitrogens with one attached hydrogen (secondary N) is 2. The molecule has 0 atom stereocenters. The van der Waals surface area contributed by atoms with Crippen molar-refractivity contribution in [2.24, 2.45) is 16.8 Å². The Morgan fingerprint density at radius 3 is 2.42 bits per heavy atom. The summed E-state index contributed by atoms with van der Waals surface area (Å²) in [7, 11) is -3.60. The number of rotatable bonds is 9. The zero-order chi connectivity index (χ0) is 31.0. The molecule has 10 nitrogen and oxygen atoms in total. The third kappa shape index (κ3) is 7.00. The van der Waals surface area contributed by atoms with Gasteiger partial charge in [0.1, 0.15) is 11.4 Å². The minimum atomic E-state index is -4.12. The number of aromatic hydroxyl groups is 1. The Morgan fingerprint density at radius 1 is 1.12 bits per heavy atom. The zero-order valence-electron chi connectivity index (χ0n) is 24.1. The molecule has 2 fully saturated rings. The maximum absolute atomic E-state index is 13.2. The lowest BCUT2D eigenvalue weighted by Crippen LogP contribution is -2.51. The Kier molecular flexibility index (Phi) is 8.81. The number of piperidine rings is 1. The molecule has 2 aromatic rings. The van der Waals surface area contributed by atoms with E-state index in [9.17, 15) is 36.3 Å². The van der Waals surface area contributed by atoms with Crippen LogP contribution in [0.4, 0.5) is 13.2 Å². The van der Waals surface area contributed by atoms with Gasteiger partial charge in [-0.1, -0.05) is 12.5 Å². The van der Waals surface area contributed by atoms with Crippen molar-refractivity contribution in [1.82, 2.24) is 19.2 Å². The SMILES string of the molecule is Cc1cc(-n2c(O)c[nH]c2=O)ccc1CCS(=O)(=O)N1CCC2(CC1)N=C(C1CCC(CCCC(F)(F)F)CC1)NC2=O. The van der Waals surface area contributed by atoms with E-state index in [-0.39, 0.29) is 68.1 Å². The van der Waals surface area contributed by atoms with Crippen LogP contribution in [0.5, 0.6) is 5.88 Å². The molecule has 1 spiro atoms. The average Bonchev–Trinajstić information content (AvgIpc) is 3.45. The largest absolute Gasteiger partial charge is 0.493 e. The number of hydrogen-bond donors (Lipinski definition) is 3. The Morgan fingerprint density at radius 2 is 1.81 bits per heavy atom. The highest BCUT2D eigenvalue weighted by atomic mass is 32.2. The summed E-state index contributed by atoms with van der Waals surface area (Å²) in [4.78, 5) is 32.2. The fraction of sp³-hybridized carbons (Fsp3) is 0.621. The predicted octanol–water partition coefficient (Wildman–Crippen LogP) is 3.95. The summed E-state index contributed by atoms with van der Waals surface area (Å²) < 4.78 is 66.4. The Labute approximate surface area is 248 Å². The highest BCUT2D eigenvalue weighted by Crippen LogP contribution is 2.38. The van der Waals surface area contributed by atoms with Crippen molar-refractivity contribution < 1.29 is 31.5 Å². The second kappa shape index (κ2) is 12.1. The van der Waals surface area contributed by atoms with Crippen molar-refractivity contribution in [3.05, 3.63) is 46.0 Å². The van der Waals surface area contributed by atoms with Gasteiger partial charge in [-0.3, -0.25) is 9.79 Å². The van der Waals surface area contributed by atoms with Crippen LogP contribution in [0.3, 0.4) is 0 Å². The van der Waals surface area contributed by atoms with Gasteiger partial charge in [-0.25, -0.2) is 22.1 Å². The number of aliphatic imine (C=N–C) groups is 1. The number of aromatic nitrogens is 2. The molecule has 0 bridgehead atoms. The third-order valence-electron chi connectivity index (χ3n) is 9.22. The van der Waals surface area contributed by atoms with Crippen LogP contribution in [0.2, 0.25) is 0 Å². The van der Waals surface area contributed by atoms with Gasteiger partial charge in [-0.15, -0.1) is 0 Å². The molecule has 1 aliphatic carbocycles. The Hall–Kier alpha value is -3.13. The molecule has 14 heteroatoms. The van der Waals surface area contributed by atoms with Crippen LogP contribution >= 0.6 is 0 Å². The lowest BCUT2D eigenvalue weighted by molar-refractivity contribution is -0.136. The van der Waals surface area contributed by atoms with Crippen molar-refractivity contribution in [3.63, 3.8) is 0 Å². The number of alkyl halides is 3. The summed E-state index contributed by atoms with van der Waals surface area (Å²) in [6.07, 6.45) is 1.05. The molecule has 1 saturated carbocycles. The fourth-order valence-corrected chi connectivity index (χ4v) is 8.08. The van der Waals surface area contributed by atoms with Crippen molar-refractivity contribution in [1.29, 1.82) is 0 Å². The van der Waals surface area contributed by atoms with E-state index in [0.29, 0.717) is 17.9 Å². The molecular formula is C29H38F3N5O5S. The van der Waals surface area contributed by atoms with Gasteiger partial charge in [0.25, 0.3) is 5.91 Å². The molecule has 3 heterocycles. The van der Waals surface area contributed by atoms with E-state index in [2.05, 4.69) is 10.3 Å². The minimum absolute atomic E-state index is 0.0680. The van der Waals surface area contributed by atoms with Crippen molar-refractivity contribution in [2.45, 2.75) is 82.8 Å².